The fraction of sp³-hybridized carbons (Fsp3) is 0.769. The number of carbonyl (C=O) groups excluding carboxylic acids is 1. The molecule has 0 heterocycles. The van der Waals surface area contributed by atoms with Crippen LogP contribution in [0.4, 0.5) is 0 Å². The summed E-state index contributed by atoms with van der Waals surface area (Å²) in [5.74, 6) is 0.676. The van der Waals surface area contributed by atoms with E-state index in [0.717, 1.165) is 12.8 Å². The Morgan fingerprint density at radius 2 is 2.20 bits per heavy atom. The minimum Gasteiger partial charge on any atom is -0.393 e. The molecule has 2 atom stereocenters. The largest absolute Gasteiger partial charge is 0.393 e. The number of aliphatic hydroxyl groups excluding tert-OH is 1. The molecule has 0 aromatic carbocycles. The second-order valence-electron chi connectivity index (χ2n) is 5.50. The molecule has 15 heavy (non-hydrogen) atoms. The quantitative estimate of drug-likeness (QED) is 0.777. The van der Waals surface area contributed by atoms with Crippen LogP contribution in [0, 0.1) is 11.3 Å². The van der Waals surface area contributed by atoms with Crippen molar-refractivity contribution in [3.05, 3.63) is 11.6 Å². The molecule has 0 aromatic heterocycles. The molecule has 0 aliphatic heterocycles. The first kappa shape index (κ1) is 12.4. The lowest BCUT2D eigenvalue weighted by atomic mass is 9.66. The molecule has 0 saturated heterocycles. The van der Waals surface area contributed by atoms with Gasteiger partial charge in [-0.2, -0.15) is 0 Å². The van der Waals surface area contributed by atoms with Gasteiger partial charge in [0.25, 0.3) is 0 Å². The van der Waals surface area contributed by atoms with Crippen LogP contribution in [0.25, 0.3) is 0 Å². The molecule has 1 aliphatic rings. The van der Waals surface area contributed by atoms with E-state index in [1.807, 2.05) is 13.8 Å². The molecule has 0 aromatic rings. The van der Waals surface area contributed by atoms with Gasteiger partial charge in [0.05, 0.1) is 6.10 Å². The molecule has 0 spiro atoms. The smallest absolute Gasteiger partial charge is 0.156 e. The normalized spacial score (nSPS) is 27.4. The van der Waals surface area contributed by atoms with E-state index >= 15 is 0 Å². The molecular formula is C13H22O2. The van der Waals surface area contributed by atoms with Crippen molar-refractivity contribution in [1.82, 2.24) is 0 Å². The molecule has 0 amide bonds. The van der Waals surface area contributed by atoms with Crippen LogP contribution in [0.3, 0.4) is 0 Å². The van der Waals surface area contributed by atoms with Gasteiger partial charge in [0.15, 0.2) is 5.78 Å². The van der Waals surface area contributed by atoms with Crippen molar-refractivity contribution >= 4 is 5.78 Å². The number of hydrogen-bond acceptors (Lipinski definition) is 2. The van der Waals surface area contributed by atoms with Gasteiger partial charge in [0.1, 0.15) is 0 Å². The van der Waals surface area contributed by atoms with E-state index in [-0.39, 0.29) is 17.3 Å². The highest BCUT2D eigenvalue weighted by Gasteiger charge is 2.35. The average molecular weight is 210 g/mol. The lowest BCUT2D eigenvalue weighted by molar-refractivity contribution is -0.117. The average Bonchev–Trinajstić information content (AvgIpc) is 1.98. The van der Waals surface area contributed by atoms with Crippen LogP contribution in [0.5, 0.6) is 0 Å². The van der Waals surface area contributed by atoms with E-state index in [2.05, 4.69) is 13.8 Å². The monoisotopic (exact) mass is 210 g/mol. The van der Waals surface area contributed by atoms with Crippen molar-refractivity contribution < 1.29 is 9.90 Å². The minimum atomic E-state index is -0.244. The fourth-order valence-corrected chi connectivity index (χ4v) is 2.62. The summed E-state index contributed by atoms with van der Waals surface area (Å²) in [6.07, 6.45) is 3.95. The SMILES string of the molecule is CC1=CC(=O)CC(C)(C)C1CC[C@@H](C)O. The third-order valence-electron chi connectivity index (χ3n) is 3.38. The first-order valence-electron chi connectivity index (χ1n) is 5.72. The highest BCUT2D eigenvalue weighted by molar-refractivity contribution is 5.91. The second-order valence-corrected chi connectivity index (χ2v) is 5.50. The van der Waals surface area contributed by atoms with E-state index in [9.17, 15) is 9.90 Å². The molecule has 1 rings (SSSR count). The number of carbonyl (C=O) groups is 1. The predicted octanol–water partition coefficient (Wildman–Crippen LogP) is 2.71. The van der Waals surface area contributed by atoms with Gasteiger partial charge in [0.2, 0.25) is 0 Å². The first-order chi connectivity index (χ1) is 6.83. The highest BCUT2D eigenvalue weighted by Crippen LogP contribution is 2.42. The van der Waals surface area contributed by atoms with Gasteiger partial charge in [-0.05, 0) is 44.1 Å². The Kier molecular flexibility index (Phi) is 3.72. The van der Waals surface area contributed by atoms with Crippen LogP contribution in [-0.4, -0.2) is 17.0 Å². The van der Waals surface area contributed by atoms with Crippen molar-refractivity contribution in [2.45, 2.75) is 53.1 Å². The molecule has 1 aliphatic carbocycles. The zero-order chi connectivity index (χ0) is 11.6. The van der Waals surface area contributed by atoms with E-state index in [4.69, 9.17) is 0 Å². The van der Waals surface area contributed by atoms with Crippen molar-refractivity contribution in [2.24, 2.45) is 11.3 Å². The topological polar surface area (TPSA) is 37.3 Å². The molecule has 2 heteroatoms. The maximum absolute atomic E-state index is 11.4. The van der Waals surface area contributed by atoms with E-state index in [1.165, 1.54) is 5.57 Å². The Labute approximate surface area is 92.4 Å². The van der Waals surface area contributed by atoms with Gasteiger partial charge in [-0.3, -0.25) is 4.79 Å². The van der Waals surface area contributed by atoms with Gasteiger partial charge in [-0.15, -0.1) is 0 Å². The number of ketones is 1. The van der Waals surface area contributed by atoms with E-state index < -0.39 is 0 Å². The summed E-state index contributed by atoms with van der Waals surface area (Å²) in [7, 11) is 0. The third-order valence-corrected chi connectivity index (χ3v) is 3.38. The molecule has 86 valence electrons. The Morgan fingerprint density at radius 3 is 2.67 bits per heavy atom. The van der Waals surface area contributed by atoms with Gasteiger partial charge in [0, 0.05) is 6.42 Å². The molecule has 0 radical (unpaired) electrons. The van der Waals surface area contributed by atoms with Crippen LogP contribution in [0.2, 0.25) is 0 Å². The van der Waals surface area contributed by atoms with Crippen molar-refractivity contribution in [3.63, 3.8) is 0 Å². The Bertz CT molecular complexity index is 274. The van der Waals surface area contributed by atoms with Gasteiger partial charge >= 0.3 is 0 Å². The summed E-state index contributed by atoms with van der Waals surface area (Å²) in [6, 6.07) is 0. The van der Waals surface area contributed by atoms with Crippen LogP contribution in [0.15, 0.2) is 11.6 Å². The summed E-state index contributed by atoms with van der Waals surface area (Å²) >= 11 is 0. The summed E-state index contributed by atoms with van der Waals surface area (Å²) in [4.78, 5) is 11.4. The standard InChI is InChI=1S/C13H22O2/c1-9-7-11(15)8-13(3,4)12(9)6-5-10(2)14/h7,10,12,14H,5-6,8H2,1-4H3/t10-,12?/m1/s1. The van der Waals surface area contributed by atoms with Crippen LogP contribution in [0.1, 0.15) is 47.0 Å². The first-order valence-corrected chi connectivity index (χ1v) is 5.72. The number of rotatable bonds is 3. The zero-order valence-corrected chi connectivity index (χ0v) is 10.2. The Morgan fingerprint density at radius 1 is 1.60 bits per heavy atom. The predicted molar refractivity (Wildman–Crippen MR) is 61.6 cm³/mol. The van der Waals surface area contributed by atoms with E-state index in [0.29, 0.717) is 12.3 Å². The van der Waals surface area contributed by atoms with E-state index in [1.54, 1.807) is 6.08 Å². The van der Waals surface area contributed by atoms with Crippen LogP contribution >= 0.6 is 0 Å². The Balaban J connectivity index is 2.75. The van der Waals surface area contributed by atoms with Crippen molar-refractivity contribution in [2.75, 3.05) is 0 Å². The van der Waals surface area contributed by atoms with Crippen molar-refractivity contribution in [3.8, 4) is 0 Å². The molecule has 2 nitrogen and oxygen atoms in total. The molecule has 1 unspecified atom stereocenters. The summed E-state index contributed by atoms with van der Waals surface area (Å²) < 4.78 is 0. The van der Waals surface area contributed by atoms with Crippen molar-refractivity contribution in [1.29, 1.82) is 0 Å². The van der Waals surface area contributed by atoms with Gasteiger partial charge in [-0.25, -0.2) is 0 Å². The molecule has 1 N–H and O–H groups in total. The zero-order valence-electron chi connectivity index (χ0n) is 10.2. The molecular weight excluding hydrogens is 188 g/mol. The summed E-state index contributed by atoms with van der Waals surface area (Å²) in [5.41, 5.74) is 1.22. The molecule has 0 fully saturated rings. The van der Waals surface area contributed by atoms with Gasteiger partial charge in [-0.1, -0.05) is 19.4 Å². The Hall–Kier alpha value is -0.630. The maximum atomic E-state index is 11.4. The van der Waals surface area contributed by atoms with Crippen LogP contribution in [-0.2, 0) is 4.79 Å². The molecule has 0 bridgehead atoms. The summed E-state index contributed by atoms with van der Waals surface area (Å²) in [6.45, 7) is 8.15. The molecule has 0 saturated carbocycles. The third kappa shape index (κ3) is 3.16. The number of aliphatic hydroxyl groups is 1. The fourth-order valence-electron chi connectivity index (χ4n) is 2.62. The highest BCUT2D eigenvalue weighted by atomic mass is 16.3. The maximum Gasteiger partial charge on any atom is 0.156 e. The lowest BCUT2D eigenvalue weighted by Crippen LogP contribution is -2.32. The van der Waals surface area contributed by atoms with Crippen LogP contribution < -0.4 is 0 Å². The number of hydrogen-bond donors (Lipinski definition) is 1. The van der Waals surface area contributed by atoms with Gasteiger partial charge < -0.3 is 5.11 Å². The number of allylic oxidation sites excluding steroid dienone is 2. The lowest BCUT2D eigenvalue weighted by Gasteiger charge is -2.38. The second kappa shape index (κ2) is 4.48. The minimum absolute atomic E-state index is 0.0464. The summed E-state index contributed by atoms with van der Waals surface area (Å²) in [5, 5.41) is 9.31.